The summed E-state index contributed by atoms with van der Waals surface area (Å²) in [6, 6.07) is 0. The molecule has 0 unspecified atom stereocenters. The minimum absolute atomic E-state index is 0.0000809. The van der Waals surface area contributed by atoms with Gasteiger partial charge in [0.2, 0.25) is 11.0 Å². The Morgan fingerprint density at radius 2 is 2.38 bits per heavy atom. The molecule has 0 spiro atoms. The molecule has 0 bridgehead atoms. The van der Waals surface area contributed by atoms with Gasteiger partial charge in [-0.15, -0.1) is 5.10 Å². The Labute approximate surface area is 95.0 Å². The van der Waals surface area contributed by atoms with Gasteiger partial charge in [-0.2, -0.15) is 4.98 Å². The first-order valence-corrected chi connectivity index (χ1v) is 5.57. The molecule has 0 aliphatic heterocycles. The molecule has 0 amide bonds. The third-order valence-electron chi connectivity index (χ3n) is 1.71. The Kier molecular flexibility index (Phi) is 3.47. The van der Waals surface area contributed by atoms with Gasteiger partial charge in [-0.25, -0.2) is 4.68 Å². The maximum absolute atomic E-state index is 8.79. The van der Waals surface area contributed by atoms with Gasteiger partial charge < -0.3 is 9.63 Å². The van der Waals surface area contributed by atoms with E-state index in [2.05, 4.69) is 25.7 Å². The van der Waals surface area contributed by atoms with Crippen molar-refractivity contribution in [1.82, 2.24) is 30.3 Å². The van der Waals surface area contributed by atoms with E-state index in [-0.39, 0.29) is 6.61 Å². The third kappa shape index (κ3) is 2.55. The molecule has 8 nitrogen and oxygen atoms in total. The van der Waals surface area contributed by atoms with Crippen LogP contribution in [0.5, 0.6) is 0 Å². The van der Waals surface area contributed by atoms with Crippen LogP contribution in [0, 0.1) is 6.92 Å². The fourth-order valence-corrected chi connectivity index (χ4v) is 1.81. The maximum Gasteiger partial charge on any atom is 0.223 e. The first-order chi connectivity index (χ1) is 7.79. The van der Waals surface area contributed by atoms with Crippen molar-refractivity contribution < 1.29 is 9.63 Å². The molecule has 16 heavy (non-hydrogen) atoms. The van der Waals surface area contributed by atoms with Crippen molar-refractivity contribution in [3.05, 3.63) is 11.7 Å². The molecular formula is C7H10N6O2S. The van der Waals surface area contributed by atoms with Crippen molar-refractivity contribution in [2.75, 3.05) is 6.61 Å². The van der Waals surface area contributed by atoms with Crippen molar-refractivity contribution >= 4 is 11.8 Å². The number of aryl methyl sites for hydroxylation is 1. The normalized spacial score (nSPS) is 10.9. The zero-order chi connectivity index (χ0) is 11.4. The Morgan fingerprint density at radius 1 is 1.50 bits per heavy atom. The second-order valence-electron chi connectivity index (χ2n) is 2.93. The largest absolute Gasteiger partial charge is 0.394 e. The first kappa shape index (κ1) is 11.0. The number of rotatable bonds is 5. The van der Waals surface area contributed by atoms with E-state index < -0.39 is 0 Å². The minimum Gasteiger partial charge on any atom is -0.394 e. The number of nitrogens with zero attached hydrogens (tertiary/aromatic N) is 6. The number of hydrogen-bond acceptors (Lipinski definition) is 8. The Balaban J connectivity index is 1.96. The molecule has 0 atom stereocenters. The van der Waals surface area contributed by atoms with Gasteiger partial charge in [0.1, 0.15) is 0 Å². The Hall–Kier alpha value is -1.48. The van der Waals surface area contributed by atoms with Gasteiger partial charge in [-0.05, 0) is 10.4 Å². The number of aromatic nitrogens is 6. The molecule has 0 aliphatic carbocycles. The van der Waals surface area contributed by atoms with Crippen LogP contribution < -0.4 is 0 Å². The smallest absolute Gasteiger partial charge is 0.223 e. The highest BCUT2D eigenvalue weighted by molar-refractivity contribution is 7.98. The highest BCUT2D eigenvalue weighted by Crippen LogP contribution is 2.17. The summed E-state index contributed by atoms with van der Waals surface area (Å²) in [5.74, 6) is 1.66. The standard InChI is InChI=1S/C7H10N6O2S/c1-5-8-6(10-15-5)4-16-7-9-11-12-13(7)2-3-14/h14H,2-4H2,1H3. The Bertz CT molecular complexity index is 455. The molecule has 2 aromatic rings. The molecule has 0 saturated heterocycles. The zero-order valence-electron chi connectivity index (χ0n) is 8.57. The van der Waals surface area contributed by atoms with E-state index in [1.165, 1.54) is 16.4 Å². The average molecular weight is 242 g/mol. The molecule has 2 rings (SSSR count). The summed E-state index contributed by atoms with van der Waals surface area (Å²) in [7, 11) is 0. The second-order valence-corrected chi connectivity index (χ2v) is 3.87. The highest BCUT2D eigenvalue weighted by Gasteiger charge is 2.09. The first-order valence-electron chi connectivity index (χ1n) is 4.58. The van der Waals surface area contributed by atoms with Crippen LogP contribution in [0.25, 0.3) is 0 Å². The summed E-state index contributed by atoms with van der Waals surface area (Å²) in [5.41, 5.74) is 0. The molecule has 0 aromatic carbocycles. The molecule has 86 valence electrons. The van der Waals surface area contributed by atoms with E-state index in [9.17, 15) is 0 Å². The summed E-state index contributed by atoms with van der Waals surface area (Å²) >= 11 is 1.39. The third-order valence-corrected chi connectivity index (χ3v) is 2.66. The summed E-state index contributed by atoms with van der Waals surface area (Å²) in [5, 5.41) is 24.2. The SMILES string of the molecule is Cc1nc(CSc2nnnn2CCO)no1. The summed E-state index contributed by atoms with van der Waals surface area (Å²) < 4.78 is 6.36. The van der Waals surface area contributed by atoms with Crippen molar-refractivity contribution in [2.45, 2.75) is 24.4 Å². The fraction of sp³-hybridized carbons (Fsp3) is 0.571. The Morgan fingerprint density at radius 3 is 3.06 bits per heavy atom. The number of tetrazole rings is 1. The zero-order valence-corrected chi connectivity index (χ0v) is 9.38. The quantitative estimate of drug-likeness (QED) is 0.709. The van der Waals surface area contributed by atoms with Crippen molar-refractivity contribution in [2.24, 2.45) is 0 Å². The van der Waals surface area contributed by atoms with Crippen LogP contribution in [0.4, 0.5) is 0 Å². The lowest BCUT2D eigenvalue weighted by Gasteiger charge is -1.99. The van der Waals surface area contributed by atoms with E-state index in [1.54, 1.807) is 6.92 Å². The fourth-order valence-electron chi connectivity index (χ4n) is 1.06. The molecule has 2 heterocycles. The summed E-state index contributed by atoms with van der Waals surface area (Å²) in [4.78, 5) is 4.06. The number of thioether (sulfide) groups is 1. The van der Waals surface area contributed by atoms with Crippen LogP contribution in [0.2, 0.25) is 0 Å². The van der Waals surface area contributed by atoms with E-state index in [1.807, 2.05) is 0 Å². The lowest BCUT2D eigenvalue weighted by molar-refractivity contribution is 0.262. The van der Waals surface area contributed by atoms with Gasteiger partial charge in [-0.3, -0.25) is 0 Å². The average Bonchev–Trinajstić information content (AvgIpc) is 2.85. The molecule has 2 aromatic heterocycles. The second kappa shape index (κ2) is 5.03. The van der Waals surface area contributed by atoms with E-state index in [0.29, 0.717) is 29.2 Å². The van der Waals surface area contributed by atoms with E-state index in [0.717, 1.165) is 0 Å². The molecule has 9 heteroatoms. The monoisotopic (exact) mass is 242 g/mol. The molecule has 1 N–H and O–H groups in total. The predicted molar refractivity (Wildman–Crippen MR) is 53.5 cm³/mol. The lowest BCUT2D eigenvalue weighted by atomic mass is 10.7. The summed E-state index contributed by atoms with van der Waals surface area (Å²) in [6.07, 6.45) is 0. The predicted octanol–water partition coefficient (Wildman–Crippen LogP) is -0.351. The van der Waals surface area contributed by atoms with Gasteiger partial charge in [0.15, 0.2) is 5.82 Å². The van der Waals surface area contributed by atoms with Gasteiger partial charge >= 0.3 is 0 Å². The molecule has 0 aliphatic rings. The van der Waals surface area contributed by atoms with Gasteiger partial charge in [0, 0.05) is 6.92 Å². The lowest BCUT2D eigenvalue weighted by Crippen LogP contribution is -2.05. The number of hydrogen-bond donors (Lipinski definition) is 1. The number of aliphatic hydroxyl groups excluding tert-OH is 1. The van der Waals surface area contributed by atoms with Gasteiger partial charge in [0.25, 0.3) is 0 Å². The maximum atomic E-state index is 8.79. The van der Waals surface area contributed by atoms with Gasteiger partial charge in [-0.1, -0.05) is 16.9 Å². The van der Waals surface area contributed by atoms with Crippen LogP contribution in [-0.4, -0.2) is 42.1 Å². The van der Waals surface area contributed by atoms with Crippen molar-refractivity contribution in [1.29, 1.82) is 0 Å². The van der Waals surface area contributed by atoms with Gasteiger partial charge in [0.05, 0.1) is 18.9 Å². The van der Waals surface area contributed by atoms with Crippen LogP contribution in [0.15, 0.2) is 9.68 Å². The minimum atomic E-state index is -0.0000809. The van der Waals surface area contributed by atoms with Crippen molar-refractivity contribution in [3.63, 3.8) is 0 Å². The van der Waals surface area contributed by atoms with Crippen LogP contribution >= 0.6 is 11.8 Å². The van der Waals surface area contributed by atoms with Crippen LogP contribution in [0.1, 0.15) is 11.7 Å². The van der Waals surface area contributed by atoms with E-state index in [4.69, 9.17) is 9.63 Å². The van der Waals surface area contributed by atoms with Crippen LogP contribution in [-0.2, 0) is 12.3 Å². The highest BCUT2D eigenvalue weighted by atomic mass is 32.2. The van der Waals surface area contributed by atoms with E-state index >= 15 is 0 Å². The van der Waals surface area contributed by atoms with Crippen LogP contribution in [0.3, 0.4) is 0 Å². The topological polar surface area (TPSA) is 103 Å². The molecular weight excluding hydrogens is 232 g/mol. The number of aliphatic hydroxyl groups is 1. The molecule has 0 saturated carbocycles. The summed E-state index contributed by atoms with van der Waals surface area (Å²) in [6.45, 7) is 2.11. The van der Waals surface area contributed by atoms with Crippen molar-refractivity contribution in [3.8, 4) is 0 Å². The molecule has 0 radical (unpaired) electrons. The molecule has 0 fully saturated rings.